The zero-order valence-electron chi connectivity index (χ0n) is 18.5. The van der Waals surface area contributed by atoms with Crippen LogP contribution in [0.3, 0.4) is 0 Å². The first-order valence-electron chi connectivity index (χ1n) is 12.1. The van der Waals surface area contributed by atoms with E-state index in [2.05, 4.69) is 34.6 Å². The van der Waals surface area contributed by atoms with Crippen molar-refractivity contribution in [1.29, 1.82) is 0 Å². The molecule has 0 heterocycles. The second-order valence-electron chi connectivity index (χ2n) is 9.69. The average molecular weight is 351 g/mol. The summed E-state index contributed by atoms with van der Waals surface area (Å²) in [5, 5.41) is 0. The van der Waals surface area contributed by atoms with Gasteiger partial charge in [-0.3, -0.25) is 0 Å². The molecule has 0 bridgehead atoms. The molecular weight excluding hydrogens is 300 g/mol. The summed E-state index contributed by atoms with van der Waals surface area (Å²) in [6.45, 7) is 11.9. The first-order chi connectivity index (χ1) is 12.1. The predicted octanol–water partition coefficient (Wildman–Crippen LogP) is 9.03. The van der Waals surface area contributed by atoms with Gasteiger partial charge in [0.05, 0.1) is 0 Å². The summed E-state index contributed by atoms with van der Waals surface area (Å²) in [6, 6.07) is 0. The minimum absolute atomic E-state index is 0.895. The molecule has 2 unspecified atom stereocenters. The highest BCUT2D eigenvalue weighted by Gasteiger charge is 2.27. The molecule has 1 saturated carbocycles. The third-order valence-corrected chi connectivity index (χ3v) is 6.87. The molecule has 0 heteroatoms. The largest absolute Gasteiger partial charge is 0.0654 e. The van der Waals surface area contributed by atoms with Gasteiger partial charge in [0.25, 0.3) is 0 Å². The van der Waals surface area contributed by atoms with Gasteiger partial charge in [-0.25, -0.2) is 0 Å². The smallest absolute Gasteiger partial charge is 0.0386 e. The molecule has 0 nitrogen and oxygen atoms in total. The second-order valence-corrected chi connectivity index (χ2v) is 9.69. The molecule has 0 aromatic rings. The third kappa shape index (κ3) is 10.0. The van der Waals surface area contributed by atoms with Crippen molar-refractivity contribution in [3.8, 4) is 0 Å². The highest BCUT2D eigenvalue weighted by atomic mass is 14.3. The average Bonchev–Trinajstić information content (AvgIpc) is 2.59. The van der Waals surface area contributed by atoms with Crippen LogP contribution in [-0.2, 0) is 0 Å². The molecule has 0 saturated heterocycles. The Balaban J connectivity index is 2.36. The van der Waals surface area contributed by atoms with Crippen molar-refractivity contribution >= 4 is 0 Å². The molecule has 2 atom stereocenters. The van der Waals surface area contributed by atoms with Crippen LogP contribution in [0.2, 0.25) is 0 Å². The van der Waals surface area contributed by atoms with E-state index >= 15 is 0 Å². The monoisotopic (exact) mass is 350 g/mol. The van der Waals surface area contributed by atoms with E-state index in [1.54, 1.807) is 0 Å². The van der Waals surface area contributed by atoms with E-state index in [1.165, 1.54) is 96.3 Å². The van der Waals surface area contributed by atoms with Crippen molar-refractivity contribution in [3.05, 3.63) is 0 Å². The maximum absolute atomic E-state index is 2.40. The molecule has 25 heavy (non-hydrogen) atoms. The Bertz CT molecular complexity index is 284. The minimum atomic E-state index is 0.895. The summed E-state index contributed by atoms with van der Waals surface area (Å²) in [4.78, 5) is 0. The Labute approximate surface area is 160 Å². The molecule has 0 spiro atoms. The fraction of sp³-hybridized carbons (Fsp3) is 1.00. The first-order valence-corrected chi connectivity index (χ1v) is 12.1. The topological polar surface area (TPSA) is 0 Å². The fourth-order valence-electron chi connectivity index (χ4n) is 5.55. The lowest BCUT2D eigenvalue weighted by molar-refractivity contribution is 0.169. The molecule has 1 aliphatic carbocycles. The molecule has 0 aliphatic heterocycles. The standard InChI is InChI=1S/C25H50/c1-6-9-13-22(11-7-2)14-10-15-24(12-8-3)25-18-16-23(17-19-25)20-21(4)5/h21-25H,6-20H2,1-5H3. The van der Waals surface area contributed by atoms with Crippen molar-refractivity contribution in [3.63, 3.8) is 0 Å². The Morgan fingerprint density at radius 3 is 1.88 bits per heavy atom. The van der Waals surface area contributed by atoms with Gasteiger partial charge in [0.1, 0.15) is 0 Å². The van der Waals surface area contributed by atoms with E-state index in [0.717, 1.165) is 29.6 Å². The first kappa shape index (κ1) is 23.0. The molecule has 0 aromatic heterocycles. The summed E-state index contributed by atoms with van der Waals surface area (Å²) in [5.74, 6) is 5.06. The van der Waals surface area contributed by atoms with Crippen LogP contribution in [0.4, 0.5) is 0 Å². The fourth-order valence-corrected chi connectivity index (χ4v) is 5.55. The van der Waals surface area contributed by atoms with E-state index in [9.17, 15) is 0 Å². The molecule has 1 fully saturated rings. The highest BCUT2D eigenvalue weighted by molar-refractivity contribution is 4.79. The van der Waals surface area contributed by atoms with Crippen LogP contribution in [0, 0.1) is 29.6 Å². The van der Waals surface area contributed by atoms with Crippen LogP contribution >= 0.6 is 0 Å². The quantitative estimate of drug-likeness (QED) is 0.293. The zero-order valence-corrected chi connectivity index (χ0v) is 18.5. The molecule has 0 radical (unpaired) electrons. The molecule has 150 valence electrons. The van der Waals surface area contributed by atoms with Crippen LogP contribution in [0.25, 0.3) is 0 Å². The summed E-state index contributed by atoms with van der Waals surface area (Å²) in [6.07, 6.45) is 22.2. The normalized spacial score (nSPS) is 23.8. The minimum Gasteiger partial charge on any atom is -0.0654 e. The lowest BCUT2D eigenvalue weighted by atomic mass is 9.71. The predicted molar refractivity (Wildman–Crippen MR) is 115 cm³/mol. The van der Waals surface area contributed by atoms with Crippen molar-refractivity contribution in [2.75, 3.05) is 0 Å². The van der Waals surface area contributed by atoms with Crippen molar-refractivity contribution in [1.82, 2.24) is 0 Å². The lowest BCUT2D eigenvalue weighted by Gasteiger charge is -2.35. The maximum atomic E-state index is 2.40. The number of unbranched alkanes of at least 4 members (excludes halogenated alkanes) is 1. The van der Waals surface area contributed by atoms with Crippen LogP contribution in [-0.4, -0.2) is 0 Å². The molecule has 0 N–H and O–H groups in total. The van der Waals surface area contributed by atoms with Crippen molar-refractivity contribution in [2.45, 2.75) is 131 Å². The second kappa shape index (κ2) is 14.1. The zero-order chi connectivity index (χ0) is 18.5. The van der Waals surface area contributed by atoms with Crippen molar-refractivity contribution in [2.24, 2.45) is 29.6 Å². The molecular formula is C25H50. The number of hydrogen-bond acceptors (Lipinski definition) is 0. The molecule has 1 aliphatic rings. The lowest BCUT2D eigenvalue weighted by Crippen LogP contribution is -2.23. The highest BCUT2D eigenvalue weighted by Crippen LogP contribution is 2.39. The molecule has 0 aromatic carbocycles. The van der Waals surface area contributed by atoms with Gasteiger partial charge in [-0.1, -0.05) is 112 Å². The van der Waals surface area contributed by atoms with E-state index in [-0.39, 0.29) is 0 Å². The summed E-state index contributed by atoms with van der Waals surface area (Å²) < 4.78 is 0. The Morgan fingerprint density at radius 2 is 1.32 bits per heavy atom. The Morgan fingerprint density at radius 1 is 0.680 bits per heavy atom. The van der Waals surface area contributed by atoms with Crippen LogP contribution in [0.5, 0.6) is 0 Å². The van der Waals surface area contributed by atoms with Gasteiger partial charge in [0.15, 0.2) is 0 Å². The summed E-state index contributed by atoms with van der Waals surface area (Å²) >= 11 is 0. The third-order valence-electron chi connectivity index (χ3n) is 6.87. The summed E-state index contributed by atoms with van der Waals surface area (Å²) in [7, 11) is 0. The van der Waals surface area contributed by atoms with Crippen LogP contribution < -0.4 is 0 Å². The number of hydrogen-bond donors (Lipinski definition) is 0. The summed E-state index contributed by atoms with van der Waals surface area (Å²) in [5.41, 5.74) is 0. The van der Waals surface area contributed by atoms with Gasteiger partial charge in [-0.2, -0.15) is 0 Å². The van der Waals surface area contributed by atoms with Gasteiger partial charge in [0.2, 0.25) is 0 Å². The Kier molecular flexibility index (Phi) is 13.0. The Hall–Kier alpha value is 0. The molecule has 1 rings (SSSR count). The number of rotatable bonds is 14. The van der Waals surface area contributed by atoms with Crippen LogP contribution in [0.15, 0.2) is 0 Å². The van der Waals surface area contributed by atoms with Crippen molar-refractivity contribution < 1.29 is 0 Å². The van der Waals surface area contributed by atoms with Gasteiger partial charge >= 0.3 is 0 Å². The van der Waals surface area contributed by atoms with Gasteiger partial charge in [0, 0.05) is 0 Å². The van der Waals surface area contributed by atoms with E-state index in [1.807, 2.05) is 0 Å². The SMILES string of the molecule is CCCCC(CCC)CCCC(CCC)C1CCC(CC(C)C)CC1. The van der Waals surface area contributed by atoms with E-state index < -0.39 is 0 Å². The van der Waals surface area contributed by atoms with E-state index in [0.29, 0.717) is 0 Å². The van der Waals surface area contributed by atoms with Crippen LogP contribution in [0.1, 0.15) is 131 Å². The van der Waals surface area contributed by atoms with Gasteiger partial charge < -0.3 is 0 Å². The van der Waals surface area contributed by atoms with Gasteiger partial charge in [-0.05, 0) is 48.9 Å². The van der Waals surface area contributed by atoms with Gasteiger partial charge in [-0.15, -0.1) is 0 Å². The van der Waals surface area contributed by atoms with E-state index in [4.69, 9.17) is 0 Å². The molecule has 0 amide bonds. The maximum Gasteiger partial charge on any atom is -0.0386 e.